The Morgan fingerprint density at radius 1 is 1.26 bits per heavy atom. The van der Waals surface area contributed by atoms with Gasteiger partial charge in [0.2, 0.25) is 17.7 Å². The fourth-order valence-corrected chi connectivity index (χ4v) is 1.11. The summed E-state index contributed by atoms with van der Waals surface area (Å²) in [7, 11) is 0. The second kappa shape index (κ2) is 7.73. The molecule has 0 fully saturated rings. The second-order valence-electron chi connectivity index (χ2n) is 5.08. The Balaban J connectivity index is 4.51. The van der Waals surface area contributed by atoms with Gasteiger partial charge in [-0.05, 0) is 20.8 Å². The standard InChI is InChI=1S/C12H23N3O4/c1-5-10(17)15-8(7-19-12(2,3)4)11(18)14-6-9(13)16/h8H,5-7H2,1-4H3,(H2,13,16)(H,14,18)(H,15,17)/t8-/m0/s1. The molecule has 0 aromatic carbocycles. The van der Waals surface area contributed by atoms with Crippen LogP contribution in [-0.4, -0.2) is 42.5 Å². The van der Waals surface area contributed by atoms with Crippen molar-refractivity contribution >= 4 is 17.7 Å². The van der Waals surface area contributed by atoms with Crippen LogP contribution in [0.5, 0.6) is 0 Å². The minimum absolute atomic E-state index is 0.0276. The lowest BCUT2D eigenvalue weighted by atomic mass is 10.2. The summed E-state index contributed by atoms with van der Waals surface area (Å²) in [5.41, 5.74) is 4.51. The Kier molecular flexibility index (Phi) is 7.06. The van der Waals surface area contributed by atoms with Crippen LogP contribution in [0.3, 0.4) is 0 Å². The van der Waals surface area contributed by atoms with E-state index in [0.29, 0.717) is 0 Å². The molecule has 0 aliphatic carbocycles. The van der Waals surface area contributed by atoms with E-state index < -0.39 is 23.5 Å². The number of ether oxygens (including phenoxy) is 1. The van der Waals surface area contributed by atoms with E-state index in [1.165, 1.54) is 0 Å². The maximum absolute atomic E-state index is 11.8. The first kappa shape index (κ1) is 17.4. The fourth-order valence-electron chi connectivity index (χ4n) is 1.11. The van der Waals surface area contributed by atoms with Crippen LogP contribution >= 0.6 is 0 Å². The molecule has 0 saturated carbocycles. The average molecular weight is 273 g/mol. The minimum Gasteiger partial charge on any atom is -0.373 e. The van der Waals surface area contributed by atoms with Gasteiger partial charge in [0.1, 0.15) is 6.04 Å². The van der Waals surface area contributed by atoms with Crippen molar-refractivity contribution < 1.29 is 19.1 Å². The summed E-state index contributed by atoms with van der Waals surface area (Å²) in [6.45, 7) is 6.96. The molecule has 0 radical (unpaired) electrons. The topological polar surface area (TPSA) is 111 Å². The lowest BCUT2D eigenvalue weighted by Gasteiger charge is -2.24. The van der Waals surface area contributed by atoms with Crippen LogP contribution in [0.15, 0.2) is 0 Å². The summed E-state index contributed by atoms with van der Waals surface area (Å²) in [5.74, 6) is -1.41. The van der Waals surface area contributed by atoms with Crippen LogP contribution in [0, 0.1) is 0 Å². The number of carbonyl (C=O) groups is 3. The lowest BCUT2D eigenvalue weighted by Crippen LogP contribution is -2.51. The van der Waals surface area contributed by atoms with Crippen molar-refractivity contribution in [3.8, 4) is 0 Å². The first-order valence-corrected chi connectivity index (χ1v) is 6.15. The number of hydrogen-bond acceptors (Lipinski definition) is 4. The van der Waals surface area contributed by atoms with E-state index in [1.54, 1.807) is 6.92 Å². The highest BCUT2D eigenvalue weighted by Crippen LogP contribution is 2.07. The van der Waals surface area contributed by atoms with Gasteiger partial charge in [-0.1, -0.05) is 6.92 Å². The summed E-state index contributed by atoms with van der Waals surface area (Å²) < 4.78 is 5.47. The van der Waals surface area contributed by atoms with Gasteiger partial charge >= 0.3 is 0 Å². The third-order valence-corrected chi connectivity index (χ3v) is 2.09. The molecule has 0 unspecified atom stereocenters. The van der Waals surface area contributed by atoms with E-state index in [0.717, 1.165) is 0 Å². The van der Waals surface area contributed by atoms with Crippen LogP contribution < -0.4 is 16.4 Å². The van der Waals surface area contributed by atoms with Crippen molar-refractivity contribution in [1.82, 2.24) is 10.6 Å². The molecule has 19 heavy (non-hydrogen) atoms. The Morgan fingerprint density at radius 2 is 1.84 bits per heavy atom. The monoisotopic (exact) mass is 273 g/mol. The molecular weight excluding hydrogens is 250 g/mol. The highest BCUT2D eigenvalue weighted by atomic mass is 16.5. The Morgan fingerprint density at radius 3 is 2.26 bits per heavy atom. The van der Waals surface area contributed by atoms with E-state index in [1.807, 2.05) is 20.8 Å². The van der Waals surface area contributed by atoms with Crippen LogP contribution in [0.4, 0.5) is 0 Å². The highest BCUT2D eigenvalue weighted by molar-refractivity contribution is 5.90. The maximum Gasteiger partial charge on any atom is 0.245 e. The molecule has 0 spiro atoms. The van der Waals surface area contributed by atoms with Crippen molar-refractivity contribution in [2.45, 2.75) is 45.8 Å². The number of amides is 3. The van der Waals surface area contributed by atoms with Gasteiger partial charge in [0.25, 0.3) is 0 Å². The fraction of sp³-hybridized carbons (Fsp3) is 0.750. The van der Waals surface area contributed by atoms with Gasteiger partial charge in [0.05, 0.1) is 18.8 Å². The molecule has 3 amide bonds. The molecule has 0 aromatic heterocycles. The number of rotatable bonds is 7. The van der Waals surface area contributed by atoms with E-state index in [9.17, 15) is 14.4 Å². The smallest absolute Gasteiger partial charge is 0.245 e. The van der Waals surface area contributed by atoms with Crippen molar-refractivity contribution in [2.24, 2.45) is 5.73 Å². The summed E-state index contributed by atoms with van der Waals surface area (Å²) >= 11 is 0. The molecular formula is C12H23N3O4. The number of primary amides is 1. The predicted molar refractivity (Wildman–Crippen MR) is 70.1 cm³/mol. The quantitative estimate of drug-likeness (QED) is 0.569. The Hall–Kier alpha value is -1.63. The molecule has 7 heteroatoms. The van der Waals surface area contributed by atoms with Crippen molar-refractivity contribution in [1.29, 1.82) is 0 Å². The van der Waals surface area contributed by atoms with Crippen LogP contribution in [0.1, 0.15) is 34.1 Å². The summed E-state index contributed by atoms with van der Waals surface area (Å²) in [6.07, 6.45) is 0.259. The van der Waals surface area contributed by atoms with E-state index in [-0.39, 0.29) is 25.5 Å². The zero-order valence-corrected chi connectivity index (χ0v) is 11.9. The molecule has 0 bridgehead atoms. The number of carbonyl (C=O) groups excluding carboxylic acids is 3. The zero-order chi connectivity index (χ0) is 15.1. The third-order valence-electron chi connectivity index (χ3n) is 2.09. The number of nitrogens with two attached hydrogens (primary N) is 1. The molecule has 0 rings (SSSR count). The molecule has 0 saturated heterocycles. The summed E-state index contributed by atoms with van der Waals surface area (Å²) in [6, 6.07) is -0.842. The third kappa shape index (κ3) is 9.01. The van der Waals surface area contributed by atoms with E-state index >= 15 is 0 Å². The maximum atomic E-state index is 11.8. The molecule has 0 aliphatic heterocycles. The zero-order valence-electron chi connectivity index (χ0n) is 11.9. The number of nitrogens with one attached hydrogen (secondary N) is 2. The summed E-state index contributed by atoms with van der Waals surface area (Å²) in [4.78, 5) is 33.8. The van der Waals surface area contributed by atoms with Gasteiger partial charge in [-0.15, -0.1) is 0 Å². The van der Waals surface area contributed by atoms with Gasteiger partial charge in [-0.25, -0.2) is 0 Å². The molecule has 0 aliphatic rings. The number of hydrogen-bond donors (Lipinski definition) is 3. The largest absolute Gasteiger partial charge is 0.373 e. The molecule has 110 valence electrons. The summed E-state index contributed by atoms with van der Waals surface area (Å²) in [5, 5.41) is 4.87. The Labute approximate surface area is 113 Å². The molecule has 7 nitrogen and oxygen atoms in total. The van der Waals surface area contributed by atoms with Crippen molar-refractivity contribution in [2.75, 3.05) is 13.2 Å². The van der Waals surface area contributed by atoms with Crippen molar-refractivity contribution in [3.63, 3.8) is 0 Å². The highest BCUT2D eigenvalue weighted by Gasteiger charge is 2.23. The second-order valence-corrected chi connectivity index (χ2v) is 5.08. The van der Waals surface area contributed by atoms with Gasteiger partial charge in [-0.3, -0.25) is 14.4 Å². The van der Waals surface area contributed by atoms with Crippen LogP contribution in [0.25, 0.3) is 0 Å². The predicted octanol–water partition coefficient (Wildman–Crippen LogP) is -0.702. The van der Waals surface area contributed by atoms with Gasteiger partial charge in [0.15, 0.2) is 0 Å². The first-order valence-electron chi connectivity index (χ1n) is 6.15. The Bertz CT molecular complexity index is 336. The molecule has 0 aromatic rings. The van der Waals surface area contributed by atoms with Crippen LogP contribution in [0.2, 0.25) is 0 Å². The van der Waals surface area contributed by atoms with E-state index in [2.05, 4.69) is 10.6 Å². The average Bonchev–Trinajstić information content (AvgIpc) is 2.29. The van der Waals surface area contributed by atoms with Gasteiger partial charge in [0, 0.05) is 6.42 Å². The van der Waals surface area contributed by atoms with Crippen molar-refractivity contribution in [3.05, 3.63) is 0 Å². The first-order chi connectivity index (χ1) is 8.65. The van der Waals surface area contributed by atoms with Gasteiger partial charge < -0.3 is 21.1 Å². The van der Waals surface area contributed by atoms with Gasteiger partial charge in [-0.2, -0.15) is 0 Å². The molecule has 1 atom stereocenters. The lowest BCUT2D eigenvalue weighted by molar-refractivity contribution is -0.133. The SMILES string of the molecule is CCC(=O)N[C@@H](COC(C)(C)C)C(=O)NCC(N)=O. The molecule has 0 heterocycles. The molecule has 4 N–H and O–H groups in total. The van der Waals surface area contributed by atoms with E-state index in [4.69, 9.17) is 10.5 Å². The van der Waals surface area contributed by atoms with Crippen LogP contribution in [-0.2, 0) is 19.1 Å². The minimum atomic E-state index is -0.842. The normalized spacial score (nSPS) is 12.6.